The van der Waals surface area contributed by atoms with Crippen LogP contribution in [-0.4, -0.2) is 19.0 Å². The van der Waals surface area contributed by atoms with Crippen LogP contribution in [0.2, 0.25) is 0 Å². The van der Waals surface area contributed by atoms with E-state index in [4.69, 9.17) is 5.73 Å². The molecule has 0 aliphatic heterocycles. The van der Waals surface area contributed by atoms with E-state index in [2.05, 4.69) is 5.32 Å². The number of carbonyl (C=O) groups excluding carboxylic acids is 1. The Morgan fingerprint density at radius 1 is 1.29 bits per heavy atom. The molecule has 3 nitrogen and oxygen atoms in total. The highest BCUT2D eigenvalue weighted by molar-refractivity contribution is 5.80. The van der Waals surface area contributed by atoms with Crippen molar-refractivity contribution < 1.29 is 4.79 Å². The summed E-state index contributed by atoms with van der Waals surface area (Å²) in [5.41, 5.74) is 5.69. The number of carbonyl (C=O) groups is 1. The van der Waals surface area contributed by atoms with Crippen LogP contribution in [0.4, 0.5) is 0 Å². The molecule has 0 spiro atoms. The molecule has 14 heavy (non-hydrogen) atoms. The normalized spacial score (nSPS) is 13.2. The third-order valence-electron chi connectivity index (χ3n) is 2.45. The molecule has 3 heteroatoms. The van der Waals surface area contributed by atoms with Gasteiger partial charge in [0.05, 0.1) is 6.17 Å². The Morgan fingerprint density at radius 2 is 1.93 bits per heavy atom. The Morgan fingerprint density at radius 3 is 2.43 bits per heavy atom. The summed E-state index contributed by atoms with van der Waals surface area (Å²) >= 11 is 0. The van der Waals surface area contributed by atoms with Crippen LogP contribution in [0.1, 0.15) is 46.0 Å². The van der Waals surface area contributed by atoms with Gasteiger partial charge in [-0.2, -0.15) is 0 Å². The molecular weight excluding hydrogens is 176 g/mol. The lowest BCUT2D eigenvalue weighted by atomic mass is 10.0. The van der Waals surface area contributed by atoms with Gasteiger partial charge in [-0.05, 0) is 19.9 Å². The summed E-state index contributed by atoms with van der Waals surface area (Å²) in [6, 6.07) is 0. The van der Waals surface area contributed by atoms with Crippen molar-refractivity contribution in [1.82, 2.24) is 5.32 Å². The zero-order valence-electron chi connectivity index (χ0n) is 9.68. The minimum absolute atomic E-state index is 0.107. The summed E-state index contributed by atoms with van der Waals surface area (Å²) in [4.78, 5) is 11.3. The zero-order chi connectivity index (χ0) is 11.0. The van der Waals surface area contributed by atoms with Crippen LogP contribution in [0, 0.1) is 5.92 Å². The Balaban J connectivity index is 3.26. The number of rotatable bonds is 8. The molecule has 0 fully saturated rings. The minimum Gasteiger partial charge on any atom is -0.316 e. The van der Waals surface area contributed by atoms with Crippen molar-refractivity contribution in [3.8, 4) is 0 Å². The van der Waals surface area contributed by atoms with Gasteiger partial charge in [0.2, 0.25) is 0 Å². The molecule has 84 valence electrons. The van der Waals surface area contributed by atoms with Gasteiger partial charge >= 0.3 is 0 Å². The van der Waals surface area contributed by atoms with Crippen LogP contribution in [0.25, 0.3) is 0 Å². The monoisotopic (exact) mass is 200 g/mol. The topological polar surface area (TPSA) is 55.1 Å². The third-order valence-corrected chi connectivity index (χ3v) is 2.45. The molecule has 0 aromatic heterocycles. The second-order valence-electron chi connectivity index (χ2n) is 4.12. The van der Waals surface area contributed by atoms with Crippen molar-refractivity contribution >= 4 is 5.78 Å². The molecule has 1 atom stereocenters. The summed E-state index contributed by atoms with van der Waals surface area (Å²) in [5, 5.41) is 2.99. The SMILES string of the molecule is CNC(N)CCCCCC(=O)C(C)C. The van der Waals surface area contributed by atoms with Crippen LogP contribution in [0.15, 0.2) is 0 Å². The van der Waals surface area contributed by atoms with Crippen molar-refractivity contribution in [3.05, 3.63) is 0 Å². The van der Waals surface area contributed by atoms with Crippen molar-refractivity contribution in [2.45, 2.75) is 52.1 Å². The Bertz CT molecular complexity index is 157. The largest absolute Gasteiger partial charge is 0.316 e. The summed E-state index contributed by atoms with van der Waals surface area (Å²) in [6.45, 7) is 3.92. The molecule has 0 aromatic rings. The van der Waals surface area contributed by atoms with E-state index in [1.54, 1.807) is 0 Å². The third kappa shape index (κ3) is 7.04. The summed E-state index contributed by atoms with van der Waals surface area (Å²) in [7, 11) is 1.87. The fourth-order valence-electron chi connectivity index (χ4n) is 1.27. The number of hydrogen-bond donors (Lipinski definition) is 2. The first kappa shape index (κ1) is 13.6. The lowest BCUT2D eigenvalue weighted by molar-refractivity contribution is -0.122. The first-order valence-electron chi connectivity index (χ1n) is 5.53. The van der Waals surface area contributed by atoms with Crippen LogP contribution < -0.4 is 11.1 Å². The molecule has 0 saturated carbocycles. The average Bonchev–Trinajstić information content (AvgIpc) is 2.16. The Hall–Kier alpha value is -0.410. The van der Waals surface area contributed by atoms with Gasteiger partial charge in [0.15, 0.2) is 0 Å². The standard InChI is InChI=1S/C11H24N2O/c1-9(2)10(14)7-5-4-6-8-11(12)13-3/h9,11,13H,4-8,12H2,1-3H3. The zero-order valence-corrected chi connectivity index (χ0v) is 9.68. The van der Waals surface area contributed by atoms with E-state index in [1.165, 1.54) is 0 Å². The van der Waals surface area contributed by atoms with Gasteiger partial charge in [-0.25, -0.2) is 0 Å². The highest BCUT2D eigenvalue weighted by Gasteiger charge is 2.06. The van der Waals surface area contributed by atoms with Crippen LogP contribution in [0.3, 0.4) is 0 Å². The van der Waals surface area contributed by atoms with Gasteiger partial charge in [0.1, 0.15) is 5.78 Å². The van der Waals surface area contributed by atoms with E-state index in [0.29, 0.717) is 5.78 Å². The molecule has 0 saturated heterocycles. The Kier molecular flexibility index (Phi) is 7.71. The molecule has 0 rings (SSSR count). The van der Waals surface area contributed by atoms with Crippen LogP contribution in [-0.2, 0) is 4.79 Å². The maximum Gasteiger partial charge on any atom is 0.135 e. The van der Waals surface area contributed by atoms with Crippen molar-refractivity contribution in [1.29, 1.82) is 0 Å². The number of nitrogens with one attached hydrogen (secondary N) is 1. The highest BCUT2D eigenvalue weighted by atomic mass is 16.1. The molecule has 0 aromatic carbocycles. The lowest BCUT2D eigenvalue weighted by Crippen LogP contribution is -2.33. The van der Waals surface area contributed by atoms with Gasteiger partial charge < -0.3 is 11.1 Å². The van der Waals surface area contributed by atoms with E-state index >= 15 is 0 Å². The predicted octanol–water partition coefficient (Wildman–Crippen LogP) is 1.67. The van der Waals surface area contributed by atoms with Gasteiger partial charge in [-0.3, -0.25) is 4.79 Å². The molecule has 0 aliphatic carbocycles. The number of unbranched alkanes of at least 4 members (excludes halogenated alkanes) is 2. The maximum atomic E-state index is 11.3. The minimum atomic E-state index is 0.107. The van der Waals surface area contributed by atoms with Crippen LogP contribution >= 0.6 is 0 Å². The molecular formula is C11H24N2O. The number of ketones is 1. The van der Waals surface area contributed by atoms with E-state index in [1.807, 2.05) is 20.9 Å². The number of nitrogens with two attached hydrogens (primary N) is 1. The van der Waals surface area contributed by atoms with Crippen molar-refractivity contribution in [2.24, 2.45) is 11.7 Å². The smallest absolute Gasteiger partial charge is 0.135 e. The molecule has 0 bridgehead atoms. The van der Waals surface area contributed by atoms with Crippen LogP contribution in [0.5, 0.6) is 0 Å². The van der Waals surface area contributed by atoms with Gasteiger partial charge in [0, 0.05) is 12.3 Å². The van der Waals surface area contributed by atoms with Crippen molar-refractivity contribution in [2.75, 3.05) is 7.05 Å². The molecule has 3 N–H and O–H groups in total. The average molecular weight is 200 g/mol. The molecule has 0 radical (unpaired) electrons. The van der Waals surface area contributed by atoms with E-state index < -0.39 is 0 Å². The quantitative estimate of drug-likeness (QED) is 0.463. The maximum absolute atomic E-state index is 11.3. The Labute approximate surface area is 87.4 Å². The number of hydrogen-bond acceptors (Lipinski definition) is 3. The van der Waals surface area contributed by atoms with E-state index in [0.717, 1.165) is 32.1 Å². The second-order valence-corrected chi connectivity index (χ2v) is 4.12. The molecule has 0 heterocycles. The fraction of sp³-hybridized carbons (Fsp3) is 0.909. The first-order chi connectivity index (χ1) is 6.57. The molecule has 0 amide bonds. The summed E-state index contributed by atoms with van der Waals surface area (Å²) < 4.78 is 0. The van der Waals surface area contributed by atoms with E-state index in [9.17, 15) is 4.79 Å². The number of Topliss-reactive ketones (excluding diaryl/α,β-unsaturated/α-hetero) is 1. The first-order valence-corrected chi connectivity index (χ1v) is 5.53. The van der Waals surface area contributed by atoms with Gasteiger partial charge in [-0.1, -0.05) is 26.7 Å². The van der Waals surface area contributed by atoms with Gasteiger partial charge in [-0.15, -0.1) is 0 Å². The van der Waals surface area contributed by atoms with Crippen molar-refractivity contribution in [3.63, 3.8) is 0 Å². The second kappa shape index (κ2) is 7.94. The predicted molar refractivity (Wildman–Crippen MR) is 60.0 cm³/mol. The highest BCUT2D eigenvalue weighted by Crippen LogP contribution is 2.07. The molecule has 1 unspecified atom stereocenters. The fourth-order valence-corrected chi connectivity index (χ4v) is 1.27. The lowest BCUT2D eigenvalue weighted by Gasteiger charge is -2.09. The summed E-state index contributed by atoms with van der Waals surface area (Å²) in [5.74, 6) is 0.567. The summed E-state index contributed by atoms with van der Waals surface area (Å²) in [6.07, 6.45) is 5.05. The van der Waals surface area contributed by atoms with Gasteiger partial charge in [0.25, 0.3) is 0 Å². The molecule has 0 aliphatic rings. The van der Waals surface area contributed by atoms with E-state index in [-0.39, 0.29) is 12.1 Å².